The van der Waals surface area contributed by atoms with Crippen molar-refractivity contribution < 1.29 is 48.4 Å². The summed E-state index contributed by atoms with van der Waals surface area (Å²) in [6, 6.07) is 0.133. The molecule has 0 aliphatic carbocycles. The number of rotatable bonds is 7. The smallest absolute Gasteiger partial charge is 0.340 e. The molecular formula is C18H26ClN5O10P2. The van der Waals surface area contributed by atoms with Gasteiger partial charge in [0.1, 0.15) is 18.3 Å². The Labute approximate surface area is 209 Å². The number of nitrogens with zero attached hydrogens (tertiary/aromatic N) is 5. The summed E-state index contributed by atoms with van der Waals surface area (Å²) in [4.78, 5) is 42.7. The van der Waals surface area contributed by atoms with E-state index in [2.05, 4.69) is 19.9 Å². The second-order valence-electron chi connectivity index (χ2n) is 9.34. The first-order valence-corrected chi connectivity index (χ1v) is 15.2. The third-order valence-electron chi connectivity index (χ3n) is 6.74. The lowest BCUT2D eigenvalue weighted by molar-refractivity contribution is -0.0483. The molecule has 2 bridgehead atoms. The minimum Gasteiger partial charge on any atom is -0.393 e. The Bertz CT molecular complexity index is 1230. The van der Waals surface area contributed by atoms with Gasteiger partial charge >= 0.3 is 15.2 Å². The number of aliphatic hydroxyl groups excluding tert-OH is 3. The van der Waals surface area contributed by atoms with Crippen LogP contribution in [0.1, 0.15) is 31.9 Å². The molecule has 0 spiro atoms. The zero-order chi connectivity index (χ0) is 26.0. The molecule has 0 radical (unpaired) electrons. The van der Waals surface area contributed by atoms with Crippen molar-refractivity contribution in [3.63, 3.8) is 0 Å². The van der Waals surface area contributed by atoms with Crippen molar-refractivity contribution in [3.8, 4) is 0 Å². The Balaban J connectivity index is 1.39. The van der Waals surface area contributed by atoms with Crippen LogP contribution in [0.25, 0.3) is 11.2 Å². The van der Waals surface area contributed by atoms with Crippen molar-refractivity contribution in [2.75, 3.05) is 17.4 Å². The molecule has 3 aliphatic rings. The van der Waals surface area contributed by atoms with Gasteiger partial charge in [-0.15, -0.1) is 0 Å². The number of ether oxygens (including phenoxy) is 1. The van der Waals surface area contributed by atoms with Crippen LogP contribution in [0.4, 0.5) is 5.82 Å². The number of halogens is 1. The van der Waals surface area contributed by atoms with Gasteiger partial charge in [0, 0.05) is 12.1 Å². The van der Waals surface area contributed by atoms with E-state index in [0.29, 0.717) is 24.2 Å². The van der Waals surface area contributed by atoms with Crippen LogP contribution in [0.2, 0.25) is 5.28 Å². The normalized spacial score (nSPS) is 34.4. The Morgan fingerprint density at radius 2 is 1.75 bits per heavy atom. The lowest BCUT2D eigenvalue weighted by atomic mass is 10.00. The van der Waals surface area contributed by atoms with E-state index in [1.807, 2.05) is 0 Å². The fraction of sp³-hybridized carbons (Fsp3) is 0.722. The topological polar surface area (TPSA) is 221 Å². The maximum Gasteiger partial charge on any atom is 0.340 e. The van der Waals surface area contributed by atoms with Crippen molar-refractivity contribution in [2.24, 2.45) is 0 Å². The minimum absolute atomic E-state index is 0.0667. The van der Waals surface area contributed by atoms with Crippen molar-refractivity contribution >= 4 is 43.8 Å². The number of anilines is 1. The van der Waals surface area contributed by atoms with Crippen molar-refractivity contribution in [3.05, 3.63) is 11.6 Å². The van der Waals surface area contributed by atoms with Gasteiger partial charge in [-0.1, -0.05) is 0 Å². The fourth-order valence-corrected chi connectivity index (χ4v) is 8.03. The average molecular weight is 570 g/mol. The fourth-order valence-electron chi connectivity index (χ4n) is 5.30. The van der Waals surface area contributed by atoms with Crippen LogP contribution in [-0.4, -0.2) is 98.5 Å². The summed E-state index contributed by atoms with van der Waals surface area (Å²) in [6.45, 7) is -0.713. The summed E-state index contributed by atoms with van der Waals surface area (Å²) in [5.41, 5.74) is 0.613. The molecule has 0 aromatic carbocycles. The largest absolute Gasteiger partial charge is 0.393 e. The average Bonchev–Trinajstić information content (AvgIpc) is 3.38. The van der Waals surface area contributed by atoms with Crippen LogP contribution in [-0.2, 0) is 18.4 Å². The third-order valence-corrected chi connectivity index (χ3v) is 10.4. The third kappa shape index (κ3) is 5.07. The number of hydrogen-bond donors (Lipinski definition) is 6. The van der Waals surface area contributed by atoms with Crippen molar-refractivity contribution in [1.82, 2.24) is 19.5 Å². The molecule has 15 nitrogen and oxygen atoms in total. The quantitative estimate of drug-likeness (QED) is 0.190. The number of piperidine rings is 1. The summed E-state index contributed by atoms with van der Waals surface area (Å²) in [6.07, 6.45) is -1.68. The van der Waals surface area contributed by atoms with Crippen molar-refractivity contribution in [2.45, 2.75) is 68.4 Å². The van der Waals surface area contributed by atoms with Gasteiger partial charge in [0.2, 0.25) is 5.28 Å². The van der Waals surface area contributed by atoms with E-state index < -0.39 is 52.2 Å². The molecule has 0 amide bonds. The van der Waals surface area contributed by atoms with Gasteiger partial charge in [0.15, 0.2) is 29.1 Å². The van der Waals surface area contributed by atoms with Crippen LogP contribution in [0, 0.1) is 0 Å². The zero-order valence-corrected chi connectivity index (χ0v) is 21.2. The molecule has 3 aliphatic heterocycles. The zero-order valence-electron chi connectivity index (χ0n) is 18.7. The molecule has 2 aromatic rings. The van der Waals surface area contributed by atoms with E-state index in [4.69, 9.17) is 30.6 Å². The molecule has 5 rings (SSSR count). The molecule has 3 saturated heterocycles. The first-order valence-electron chi connectivity index (χ1n) is 11.2. The SMILES string of the molecule is O=P(O)(O)CP(=O)(O)OC[C@H]1O[C@@H](n2cnc3c(N4C5CCC4CC(O)C5)nc(Cl)nc32)[C@@H](O)C1O. The highest BCUT2D eigenvalue weighted by Crippen LogP contribution is 2.55. The predicted molar refractivity (Wildman–Crippen MR) is 123 cm³/mol. The Hall–Kier alpha value is -1.22. The molecule has 4 unspecified atom stereocenters. The first kappa shape index (κ1) is 26.4. The van der Waals surface area contributed by atoms with E-state index in [1.54, 1.807) is 0 Å². The van der Waals surface area contributed by atoms with Gasteiger partial charge in [-0.2, -0.15) is 9.97 Å². The Kier molecular flexibility index (Phi) is 6.97. The summed E-state index contributed by atoms with van der Waals surface area (Å²) >= 11 is 6.23. The molecule has 36 heavy (non-hydrogen) atoms. The molecule has 0 saturated carbocycles. The Morgan fingerprint density at radius 1 is 1.08 bits per heavy atom. The number of fused-ring (bicyclic) bond motifs is 3. The maximum atomic E-state index is 11.9. The first-order chi connectivity index (χ1) is 16.8. The monoisotopic (exact) mass is 569 g/mol. The van der Waals surface area contributed by atoms with Gasteiger partial charge in [-0.3, -0.25) is 13.7 Å². The van der Waals surface area contributed by atoms with Gasteiger partial charge in [0.25, 0.3) is 0 Å². The van der Waals surface area contributed by atoms with Crippen LogP contribution in [0.5, 0.6) is 0 Å². The van der Waals surface area contributed by atoms with Crippen LogP contribution < -0.4 is 4.90 Å². The molecule has 3 fully saturated rings. The highest BCUT2D eigenvalue weighted by molar-refractivity contribution is 7.70. The van der Waals surface area contributed by atoms with E-state index >= 15 is 0 Å². The van der Waals surface area contributed by atoms with E-state index in [1.165, 1.54) is 10.9 Å². The van der Waals surface area contributed by atoms with Crippen LogP contribution in [0.3, 0.4) is 0 Å². The lowest BCUT2D eigenvalue weighted by Gasteiger charge is -2.38. The van der Waals surface area contributed by atoms with Crippen molar-refractivity contribution in [1.29, 1.82) is 0 Å². The summed E-state index contributed by atoms with van der Waals surface area (Å²) < 4.78 is 34.7. The molecule has 200 valence electrons. The summed E-state index contributed by atoms with van der Waals surface area (Å²) in [7, 11) is -9.52. The maximum absolute atomic E-state index is 11.9. The molecular weight excluding hydrogens is 544 g/mol. The highest BCUT2D eigenvalue weighted by atomic mass is 35.5. The molecule has 2 aromatic heterocycles. The van der Waals surface area contributed by atoms with Gasteiger partial charge < -0.3 is 44.2 Å². The highest BCUT2D eigenvalue weighted by Gasteiger charge is 2.47. The standard InChI is InChI=1S/C18H26ClN5O10P2/c19-18-21-15-12(16(22-18)24-8-1-2-9(24)4-10(25)3-8)20-6-23(15)17-14(27)13(26)11(34-17)5-33-36(31,32)7-35(28,29)30/h6,8-11,13-14,17,25-27H,1-5,7H2,(H,31,32)(H2,28,29,30)/t8?,9?,10?,11-,13?,14+,17-/m1/s1. The van der Waals surface area contributed by atoms with Crippen LogP contribution in [0.15, 0.2) is 6.33 Å². The summed E-state index contributed by atoms with van der Waals surface area (Å²) in [5.74, 6) is -0.899. The molecule has 18 heteroatoms. The lowest BCUT2D eigenvalue weighted by Crippen LogP contribution is -2.45. The Morgan fingerprint density at radius 3 is 2.39 bits per heavy atom. The van der Waals surface area contributed by atoms with E-state index in [-0.39, 0.29) is 29.1 Å². The second-order valence-corrected chi connectivity index (χ2v) is 13.7. The molecule has 6 N–H and O–H groups in total. The predicted octanol–water partition coefficient (Wildman–Crippen LogP) is -0.0718. The van der Waals surface area contributed by atoms with Crippen LogP contribution >= 0.6 is 26.8 Å². The number of imidazole rings is 1. The molecule has 7 atom stereocenters. The van der Waals surface area contributed by atoms with Gasteiger partial charge in [-0.25, -0.2) is 4.98 Å². The second kappa shape index (κ2) is 9.51. The molecule has 5 heterocycles. The number of aliphatic hydroxyl groups is 3. The van der Waals surface area contributed by atoms with E-state index in [0.717, 1.165) is 12.8 Å². The number of hydrogen-bond acceptors (Lipinski definition) is 11. The minimum atomic E-state index is -4.83. The summed E-state index contributed by atoms with van der Waals surface area (Å²) in [5, 5.41) is 31.1. The van der Waals surface area contributed by atoms with Gasteiger partial charge in [0.05, 0.1) is 19.0 Å². The van der Waals surface area contributed by atoms with E-state index in [9.17, 15) is 29.3 Å². The van der Waals surface area contributed by atoms with Gasteiger partial charge in [-0.05, 0) is 37.3 Å². The number of aromatic nitrogens is 4.